The molecule has 248 valence electrons. The van der Waals surface area contributed by atoms with Crippen molar-refractivity contribution in [2.45, 2.75) is 57.1 Å². The smallest absolute Gasteiger partial charge is 0.264 e. The maximum absolute atomic E-state index is 14.6. The van der Waals surface area contributed by atoms with Crippen LogP contribution in [-0.2, 0) is 32.6 Å². The van der Waals surface area contributed by atoms with Crippen LogP contribution < -0.4 is 14.4 Å². The fraction of sp³-hybridized carbons (Fsp3) is 0.278. The van der Waals surface area contributed by atoms with Crippen LogP contribution in [-0.4, -0.2) is 49.9 Å². The molecule has 0 saturated heterocycles. The Bertz CT molecular complexity index is 1760. The number of hydrogen-bond acceptors (Lipinski definition) is 5. The fourth-order valence-electron chi connectivity index (χ4n) is 4.97. The molecule has 1 N–H and O–H groups in total. The average molecular weight is 697 g/mol. The van der Waals surface area contributed by atoms with Gasteiger partial charge in [-0.25, -0.2) is 8.42 Å². The lowest BCUT2D eigenvalue weighted by Crippen LogP contribution is -2.56. The number of benzene rings is 4. The Morgan fingerprint density at radius 1 is 0.830 bits per heavy atom. The van der Waals surface area contributed by atoms with Crippen LogP contribution in [0.25, 0.3) is 0 Å². The minimum absolute atomic E-state index is 0.0139. The van der Waals surface area contributed by atoms with Crippen LogP contribution >= 0.6 is 23.2 Å². The van der Waals surface area contributed by atoms with E-state index in [1.165, 1.54) is 17.0 Å². The van der Waals surface area contributed by atoms with Crippen molar-refractivity contribution in [3.8, 4) is 5.75 Å². The van der Waals surface area contributed by atoms with E-state index in [1.54, 1.807) is 60.7 Å². The van der Waals surface area contributed by atoms with Gasteiger partial charge in [-0.1, -0.05) is 77.8 Å². The van der Waals surface area contributed by atoms with Gasteiger partial charge in [-0.05, 0) is 87.4 Å². The molecule has 2 amide bonds. The van der Waals surface area contributed by atoms with Gasteiger partial charge in [0.05, 0.1) is 27.2 Å². The Balaban J connectivity index is 1.80. The van der Waals surface area contributed by atoms with Gasteiger partial charge in [-0.15, -0.1) is 0 Å². The SMILES string of the molecule is CCOc1ccc(S(=O)(=O)N(CC(=O)N(Cc2ccc(Cl)c(Cl)c2)[C@@H](Cc2ccccc2)C(=O)NC(C)(C)C)c2ccccc2)cc1. The monoisotopic (exact) mass is 695 g/mol. The second-order valence-corrected chi connectivity index (χ2v) is 14.6. The zero-order valence-electron chi connectivity index (χ0n) is 26.8. The van der Waals surface area contributed by atoms with Gasteiger partial charge in [0.15, 0.2) is 0 Å². The van der Waals surface area contributed by atoms with Crippen molar-refractivity contribution < 1.29 is 22.7 Å². The molecule has 8 nitrogen and oxygen atoms in total. The molecule has 0 aliphatic rings. The third-order valence-corrected chi connectivity index (χ3v) is 9.68. The number of sulfonamides is 1. The first-order valence-electron chi connectivity index (χ1n) is 15.2. The van der Waals surface area contributed by atoms with Crippen LogP contribution in [0.2, 0.25) is 10.0 Å². The Labute approximate surface area is 287 Å². The van der Waals surface area contributed by atoms with E-state index >= 15 is 0 Å². The van der Waals surface area contributed by atoms with Crippen molar-refractivity contribution in [1.82, 2.24) is 10.2 Å². The number of nitrogens with one attached hydrogen (secondary N) is 1. The third-order valence-electron chi connectivity index (χ3n) is 7.15. The minimum atomic E-state index is -4.24. The molecule has 0 saturated carbocycles. The summed E-state index contributed by atoms with van der Waals surface area (Å²) in [7, 11) is -4.24. The molecule has 4 aromatic carbocycles. The number of carbonyl (C=O) groups is 2. The summed E-state index contributed by atoms with van der Waals surface area (Å²) in [6.45, 7) is 7.23. The van der Waals surface area contributed by atoms with Gasteiger partial charge in [0.25, 0.3) is 10.0 Å². The van der Waals surface area contributed by atoms with E-state index in [9.17, 15) is 18.0 Å². The molecule has 47 heavy (non-hydrogen) atoms. The number of amides is 2. The standard InChI is InChI=1S/C36H39Cl2N3O5S/c1-5-46-29-17-19-30(20-18-29)47(44,45)41(28-14-10-7-11-15-28)25-34(42)40(24-27-16-21-31(37)32(38)22-27)33(35(43)39-36(2,3)4)23-26-12-8-6-9-13-26/h6-22,33H,5,23-25H2,1-4H3,(H,39,43)/t33-/m0/s1. The lowest BCUT2D eigenvalue weighted by atomic mass is 10.0. The highest BCUT2D eigenvalue weighted by molar-refractivity contribution is 7.92. The summed E-state index contributed by atoms with van der Waals surface area (Å²) in [5.74, 6) is -0.440. The summed E-state index contributed by atoms with van der Waals surface area (Å²) in [5, 5.41) is 3.65. The van der Waals surface area contributed by atoms with Crippen molar-refractivity contribution in [2.24, 2.45) is 0 Å². The Hall–Kier alpha value is -4.05. The largest absolute Gasteiger partial charge is 0.494 e. The number of hydrogen-bond donors (Lipinski definition) is 1. The zero-order chi connectivity index (χ0) is 34.2. The van der Waals surface area contributed by atoms with Gasteiger partial charge in [-0.3, -0.25) is 13.9 Å². The van der Waals surface area contributed by atoms with Crippen LogP contribution in [0.1, 0.15) is 38.8 Å². The molecule has 0 fully saturated rings. The second-order valence-electron chi connectivity index (χ2n) is 12.0. The predicted octanol–water partition coefficient (Wildman–Crippen LogP) is 7.14. The van der Waals surface area contributed by atoms with Gasteiger partial charge in [0, 0.05) is 18.5 Å². The number of carbonyl (C=O) groups excluding carboxylic acids is 2. The summed E-state index contributed by atoms with van der Waals surface area (Å²) in [6.07, 6.45) is 0.187. The molecule has 0 unspecified atom stereocenters. The van der Waals surface area contributed by atoms with E-state index in [1.807, 2.05) is 58.0 Å². The van der Waals surface area contributed by atoms with E-state index in [0.29, 0.717) is 33.7 Å². The summed E-state index contributed by atoms with van der Waals surface area (Å²) >= 11 is 12.5. The summed E-state index contributed by atoms with van der Waals surface area (Å²) in [4.78, 5) is 29.9. The van der Waals surface area contributed by atoms with Gasteiger partial charge < -0.3 is 15.0 Å². The van der Waals surface area contributed by atoms with E-state index in [-0.39, 0.29) is 23.8 Å². The molecular formula is C36H39Cl2N3O5S. The first kappa shape index (κ1) is 35.8. The molecule has 0 aromatic heterocycles. The molecular weight excluding hydrogens is 657 g/mol. The normalized spacial score (nSPS) is 12.2. The summed E-state index contributed by atoms with van der Waals surface area (Å²) in [5.41, 5.74) is 1.14. The minimum Gasteiger partial charge on any atom is -0.494 e. The third kappa shape index (κ3) is 9.73. The first-order valence-corrected chi connectivity index (χ1v) is 17.4. The van der Waals surface area contributed by atoms with Crippen LogP contribution in [0.5, 0.6) is 5.75 Å². The van der Waals surface area contributed by atoms with Crippen LogP contribution in [0, 0.1) is 0 Å². The number of halogens is 2. The van der Waals surface area contributed by atoms with E-state index in [2.05, 4.69) is 5.32 Å². The molecule has 0 radical (unpaired) electrons. The molecule has 0 aliphatic carbocycles. The van der Waals surface area contributed by atoms with Crippen molar-refractivity contribution >= 4 is 50.7 Å². The van der Waals surface area contributed by atoms with E-state index in [0.717, 1.165) is 9.87 Å². The molecule has 0 spiro atoms. The topological polar surface area (TPSA) is 96.0 Å². The zero-order valence-corrected chi connectivity index (χ0v) is 29.1. The summed E-state index contributed by atoms with van der Waals surface area (Å²) in [6, 6.07) is 27.8. The van der Waals surface area contributed by atoms with Gasteiger partial charge in [0.2, 0.25) is 11.8 Å². The Morgan fingerprint density at radius 2 is 1.45 bits per heavy atom. The van der Waals surface area contributed by atoms with E-state index < -0.39 is 34.1 Å². The lowest BCUT2D eigenvalue weighted by Gasteiger charge is -2.35. The maximum Gasteiger partial charge on any atom is 0.264 e. The predicted molar refractivity (Wildman–Crippen MR) is 187 cm³/mol. The molecule has 4 rings (SSSR count). The van der Waals surface area contributed by atoms with Crippen molar-refractivity contribution in [3.05, 3.63) is 124 Å². The van der Waals surface area contributed by atoms with Crippen LogP contribution in [0.15, 0.2) is 108 Å². The number of ether oxygens (including phenoxy) is 1. The first-order chi connectivity index (χ1) is 22.3. The Kier molecular flexibility index (Phi) is 12.0. The van der Waals surface area contributed by atoms with Gasteiger partial charge >= 0.3 is 0 Å². The molecule has 1 atom stereocenters. The lowest BCUT2D eigenvalue weighted by molar-refractivity contribution is -0.140. The van der Waals surface area contributed by atoms with Crippen molar-refractivity contribution in [2.75, 3.05) is 17.5 Å². The average Bonchev–Trinajstić information content (AvgIpc) is 3.03. The highest BCUT2D eigenvalue weighted by Gasteiger charge is 2.35. The molecule has 4 aromatic rings. The van der Waals surface area contributed by atoms with Crippen molar-refractivity contribution in [3.63, 3.8) is 0 Å². The molecule has 11 heteroatoms. The molecule has 0 aliphatic heterocycles. The highest BCUT2D eigenvalue weighted by atomic mass is 35.5. The molecule has 0 heterocycles. The molecule has 0 bridgehead atoms. The quantitative estimate of drug-likeness (QED) is 0.160. The van der Waals surface area contributed by atoms with Crippen molar-refractivity contribution in [1.29, 1.82) is 0 Å². The maximum atomic E-state index is 14.6. The fourth-order valence-corrected chi connectivity index (χ4v) is 6.70. The van der Waals surface area contributed by atoms with E-state index in [4.69, 9.17) is 27.9 Å². The summed E-state index contributed by atoms with van der Waals surface area (Å²) < 4.78 is 34.9. The van der Waals surface area contributed by atoms with Gasteiger partial charge in [-0.2, -0.15) is 0 Å². The van der Waals surface area contributed by atoms with Crippen LogP contribution in [0.3, 0.4) is 0 Å². The second kappa shape index (κ2) is 15.7. The Morgan fingerprint density at radius 3 is 2.02 bits per heavy atom. The van der Waals surface area contributed by atoms with Gasteiger partial charge in [0.1, 0.15) is 18.3 Å². The number of nitrogens with zero attached hydrogens (tertiary/aromatic N) is 2. The number of rotatable bonds is 13. The van der Waals surface area contributed by atoms with Crippen LogP contribution in [0.4, 0.5) is 5.69 Å². The highest BCUT2D eigenvalue weighted by Crippen LogP contribution is 2.28. The number of anilines is 1. The number of para-hydroxylation sites is 1.